The molecule has 0 saturated heterocycles. The average Bonchev–Trinajstić information content (AvgIpc) is 2.62. The molecule has 0 aliphatic carbocycles. The minimum absolute atomic E-state index is 0.125. The van der Waals surface area contributed by atoms with Gasteiger partial charge in [0.25, 0.3) is 5.91 Å². The SMILES string of the molecule is Cc1cc(OCCCC(=O)OCC(=O)Nc2ncc(Cl)cc2Cl)ccc1Cl. The zero-order valence-electron chi connectivity index (χ0n) is 14.4. The summed E-state index contributed by atoms with van der Waals surface area (Å²) in [6, 6.07) is 6.77. The lowest BCUT2D eigenvalue weighted by atomic mass is 10.2. The van der Waals surface area contributed by atoms with Crippen LogP contribution < -0.4 is 10.1 Å². The van der Waals surface area contributed by atoms with Gasteiger partial charge in [0, 0.05) is 17.6 Å². The Kier molecular flexibility index (Phi) is 8.16. The van der Waals surface area contributed by atoms with E-state index in [1.165, 1.54) is 12.3 Å². The number of anilines is 1. The zero-order valence-corrected chi connectivity index (χ0v) is 16.7. The topological polar surface area (TPSA) is 77.5 Å². The highest BCUT2D eigenvalue weighted by molar-refractivity contribution is 6.36. The maximum atomic E-state index is 11.8. The van der Waals surface area contributed by atoms with Crippen LogP contribution in [0.15, 0.2) is 30.5 Å². The van der Waals surface area contributed by atoms with Gasteiger partial charge in [-0.1, -0.05) is 34.8 Å². The molecule has 1 aromatic heterocycles. The highest BCUT2D eigenvalue weighted by Crippen LogP contribution is 2.22. The summed E-state index contributed by atoms with van der Waals surface area (Å²) in [5, 5.41) is 3.64. The van der Waals surface area contributed by atoms with Gasteiger partial charge in [0.15, 0.2) is 12.4 Å². The molecule has 0 unspecified atom stereocenters. The van der Waals surface area contributed by atoms with Crippen LogP contribution in [-0.4, -0.2) is 30.1 Å². The molecule has 9 heteroatoms. The third kappa shape index (κ3) is 7.25. The average molecular weight is 432 g/mol. The molecule has 0 fully saturated rings. The number of nitrogens with one attached hydrogen (secondary N) is 1. The number of carbonyl (C=O) groups excluding carboxylic acids is 2. The van der Waals surface area contributed by atoms with Gasteiger partial charge in [0.2, 0.25) is 0 Å². The van der Waals surface area contributed by atoms with E-state index in [0.29, 0.717) is 28.8 Å². The molecule has 0 saturated carbocycles. The summed E-state index contributed by atoms with van der Waals surface area (Å²) >= 11 is 17.6. The van der Waals surface area contributed by atoms with E-state index in [1.807, 2.05) is 13.0 Å². The highest BCUT2D eigenvalue weighted by Gasteiger charge is 2.11. The summed E-state index contributed by atoms with van der Waals surface area (Å²) in [7, 11) is 0. The highest BCUT2D eigenvalue weighted by atomic mass is 35.5. The van der Waals surface area contributed by atoms with Crippen molar-refractivity contribution < 1.29 is 19.1 Å². The van der Waals surface area contributed by atoms with E-state index < -0.39 is 18.5 Å². The number of pyridine rings is 1. The normalized spacial score (nSPS) is 10.4. The number of ether oxygens (including phenoxy) is 2. The van der Waals surface area contributed by atoms with E-state index in [2.05, 4.69) is 10.3 Å². The van der Waals surface area contributed by atoms with Gasteiger partial charge in [-0.2, -0.15) is 0 Å². The maximum absolute atomic E-state index is 11.8. The van der Waals surface area contributed by atoms with Crippen molar-refractivity contribution in [2.45, 2.75) is 19.8 Å². The molecule has 0 atom stereocenters. The lowest BCUT2D eigenvalue weighted by molar-refractivity contribution is -0.147. The van der Waals surface area contributed by atoms with E-state index in [-0.39, 0.29) is 17.3 Å². The van der Waals surface area contributed by atoms with Crippen LogP contribution in [0, 0.1) is 6.92 Å². The fourth-order valence-corrected chi connectivity index (χ4v) is 2.55. The number of halogens is 3. The van der Waals surface area contributed by atoms with Gasteiger partial charge in [-0.05, 0) is 43.2 Å². The Morgan fingerprint density at radius 1 is 1.15 bits per heavy atom. The molecule has 1 N–H and O–H groups in total. The van der Waals surface area contributed by atoms with Crippen LogP contribution in [-0.2, 0) is 14.3 Å². The summed E-state index contributed by atoms with van der Waals surface area (Å²) in [5.74, 6) is -0.227. The van der Waals surface area contributed by atoms with Gasteiger partial charge in [0.1, 0.15) is 5.75 Å². The van der Waals surface area contributed by atoms with Crippen molar-refractivity contribution in [1.82, 2.24) is 4.98 Å². The molecule has 0 bridgehead atoms. The molecule has 0 radical (unpaired) electrons. The Morgan fingerprint density at radius 3 is 2.63 bits per heavy atom. The van der Waals surface area contributed by atoms with Crippen LogP contribution >= 0.6 is 34.8 Å². The first-order chi connectivity index (χ1) is 12.8. The number of aryl methyl sites for hydroxylation is 1. The number of hydrogen-bond donors (Lipinski definition) is 1. The molecule has 1 heterocycles. The number of rotatable bonds is 8. The van der Waals surface area contributed by atoms with Crippen LogP contribution in [0.25, 0.3) is 0 Å². The molecule has 0 spiro atoms. The second-order valence-electron chi connectivity index (χ2n) is 5.56. The summed E-state index contributed by atoms with van der Waals surface area (Å²) in [4.78, 5) is 27.3. The van der Waals surface area contributed by atoms with Crippen LogP contribution in [0.3, 0.4) is 0 Å². The second-order valence-corrected chi connectivity index (χ2v) is 6.81. The van der Waals surface area contributed by atoms with Gasteiger partial charge < -0.3 is 14.8 Å². The van der Waals surface area contributed by atoms with Gasteiger partial charge in [0.05, 0.1) is 16.7 Å². The number of amides is 1. The van der Waals surface area contributed by atoms with Gasteiger partial charge in [-0.3, -0.25) is 9.59 Å². The summed E-state index contributed by atoms with van der Waals surface area (Å²) in [6.45, 7) is 1.79. The molecular formula is C18H17Cl3N2O4. The molecule has 27 heavy (non-hydrogen) atoms. The van der Waals surface area contributed by atoms with Gasteiger partial charge >= 0.3 is 5.97 Å². The number of carbonyl (C=O) groups is 2. The van der Waals surface area contributed by atoms with Crippen molar-refractivity contribution in [2.75, 3.05) is 18.5 Å². The quantitative estimate of drug-likeness (QED) is 0.484. The number of esters is 1. The Balaban J connectivity index is 1.65. The molecule has 0 aliphatic heterocycles. The monoisotopic (exact) mass is 430 g/mol. The Bertz CT molecular complexity index is 830. The summed E-state index contributed by atoms with van der Waals surface area (Å²) < 4.78 is 10.4. The Labute approximate surface area is 171 Å². The van der Waals surface area contributed by atoms with Gasteiger partial charge in [-0.25, -0.2) is 4.98 Å². The molecule has 2 rings (SSSR count). The first kappa shape index (κ1) is 21.3. The fourth-order valence-electron chi connectivity index (χ4n) is 2.01. The van der Waals surface area contributed by atoms with Crippen molar-refractivity contribution in [3.05, 3.63) is 51.1 Å². The molecule has 144 valence electrons. The summed E-state index contributed by atoms with van der Waals surface area (Å²) in [5.41, 5.74) is 0.912. The maximum Gasteiger partial charge on any atom is 0.306 e. The van der Waals surface area contributed by atoms with E-state index >= 15 is 0 Å². The number of nitrogens with zero attached hydrogens (tertiary/aromatic N) is 1. The fraction of sp³-hybridized carbons (Fsp3) is 0.278. The molecule has 1 aromatic carbocycles. The van der Waals surface area contributed by atoms with Gasteiger partial charge in [-0.15, -0.1) is 0 Å². The van der Waals surface area contributed by atoms with E-state index in [4.69, 9.17) is 44.3 Å². The molecule has 0 aliphatic rings. The van der Waals surface area contributed by atoms with Crippen LogP contribution in [0.1, 0.15) is 18.4 Å². The van der Waals surface area contributed by atoms with E-state index in [0.717, 1.165) is 5.56 Å². The molecule has 6 nitrogen and oxygen atoms in total. The Hall–Kier alpha value is -2.02. The van der Waals surface area contributed by atoms with E-state index in [9.17, 15) is 9.59 Å². The van der Waals surface area contributed by atoms with Crippen LogP contribution in [0.2, 0.25) is 15.1 Å². The predicted octanol–water partition coefficient (Wildman–Crippen LogP) is 4.69. The smallest absolute Gasteiger partial charge is 0.306 e. The first-order valence-electron chi connectivity index (χ1n) is 8.00. The van der Waals surface area contributed by atoms with E-state index in [1.54, 1.807) is 12.1 Å². The van der Waals surface area contributed by atoms with Crippen LogP contribution in [0.5, 0.6) is 5.75 Å². The number of aromatic nitrogens is 1. The third-order valence-corrected chi connectivity index (χ3v) is 4.27. The second kappa shape index (κ2) is 10.3. The lowest BCUT2D eigenvalue weighted by Crippen LogP contribution is -2.21. The third-order valence-electron chi connectivity index (χ3n) is 3.35. The molecule has 1 amide bonds. The minimum atomic E-state index is -0.548. The first-order valence-corrected chi connectivity index (χ1v) is 9.14. The summed E-state index contributed by atoms with van der Waals surface area (Å²) in [6.07, 6.45) is 1.92. The van der Waals surface area contributed by atoms with Crippen molar-refractivity contribution in [3.63, 3.8) is 0 Å². The number of hydrogen-bond acceptors (Lipinski definition) is 5. The zero-order chi connectivity index (χ0) is 19.8. The van der Waals surface area contributed by atoms with Crippen molar-refractivity contribution >= 4 is 52.5 Å². The van der Waals surface area contributed by atoms with Crippen molar-refractivity contribution in [1.29, 1.82) is 0 Å². The lowest BCUT2D eigenvalue weighted by Gasteiger charge is -2.09. The molecule has 2 aromatic rings. The van der Waals surface area contributed by atoms with Crippen molar-refractivity contribution in [3.8, 4) is 5.75 Å². The van der Waals surface area contributed by atoms with Crippen molar-refractivity contribution in [2.24, 2.45) is 0 Å². The molecular weight excluding hydrogens is 415 g/mol. The Morgan fingerprint density at radius 2 is 1.93 bits per heavy atom. The standard InChI is InChI=1S/C18H17Cl3N2O4/c1-11-7-13(4-5-14(11)20)26-6-2-3-17(25)27-10-16(24)23-18-15(21)8-12(19)9-22-18/h4-5,7-9H,2-3,6,10H2,1H3,(H,22,23,24). The minimum Gasteiger partial charge on any atom is -0.494 e. The predicted molar refractivity (Wildman–Crippen MR) is 105 cm³/mol. The van der Waals surface area contributed by atoms with Crippen LogP contribution in [0.4, 0.5) is 5.82 Å². The largest absolute Gasteiger partial charge is 0.494 e. The number of benzene rings is 1.